The van der Waals surface area contributed by atoms with Crippen molar-refractivity contribution in [3.63, 3.8) is 0 Å². The minimum absolute atomic E-state index is 0.278. The highest BCUT2D eigenvalue weighted by Crippen LogP contribution is 2.21. The second kappa shape index (κ2) is 7.80. The molecule has 1 aromatic carbocycles. The Morgan fingerprint density at radius 1 is 1.14 bits per heavy atom. The average Bonchev–Trinajstić information content (AvgIpc) is 3.39. The summed E-state index contributed by atoms with van der Waals surface area (Å²) in [5.74, 6) is 1.26. The molecule has 29 heavy (non-hydrogen) atoms. The summed E-state index contributed by atoms with van der Waals surface area (Å²) < 4.78 is 8.30. The number of hydrogen-bond donors (Lipinski definition) is 2. The standard InChI is InChI=1S/C19H18N8O2/c1-26-11-15(19(25-26)29-2)18(28)24-14-6-4-13(5-7-14)23-16-10-17(21-12-20-16)27-9-3-8-22-27/h3-12H,1-2H3,(H,24,28)(H,20,21,23). The van der Waals surface area contributed by atoms with E-state index in [1.54, 1.807) is 48.5 Å². The van der Waals surface area contributed by atoms with Gasteiger partial charge in [-0.05, 0) is 30.3 Å². The molecule has 1 amide bonds. The van der Waals surface area contributed by atoms with Crippen molar-refractivity contribution in [1.29, 1.82) is 0 Å². The normalized spacial score (nSPS) is 10.6. The Hall–Kier alpha value is -4.21. The molecule has 0 aliphatic rings. The number of anilines is 3. The fraction of sp³-hybridized carbons (Fsp3) is 0.105. The predicted molar refractivity (Wildman–Crippen MR) is 107 cm³/mol. The summed E-state index contributed by atoms with van der Waals surface area (Å²) in [6.45, 7) is 0. The van der Waals surface area contributed by atoms with Gasteiger partial charge in [0.05, 0.1) is 7.11 Å². The second-order valence-corrected chi connectivity index (χ2v) is 6.09. The van der Waals surface area contributed by atoms with Crippen molar-refractivity contribution in [2.45, 2.75) is 0 Å². The molecule has 0 bridgehead atoms. The number of amides is 1. The van der Waals surface area contributed by atoms with E-state index in [0.29, 0.717) is 22.9 Å². The van der Waals surface area contributed by atoms with E-state index in [1.165, 1.54) is 18.1 Å². The minimum atomic E-state index is -0.296. The van der Waals surface area contributed by atoms with Crippen LogP contribution in [-0.2, 0) is 7.05 Å². The van der Waals surface area contributed by atoms with Gasteiger partial charge in [-0.2, -0.15) is 5.10 Å². The fourth-order valence-corrected chi connectivity index (χ4v) is 2.70. The first-order chi connectivity index (χ1) is 14.1. The van der Waals surface area contributed by atoms with Gasteiger partial charge in [0.25, 0.3) is 5.91 Å². The summed E-state index contributed by atoms with van der Waals surface area (Å²) in [6.07, 6.45) is 6.57. The number of carbonyl (C=O) groups is 1. The van der Waals surface area contributed by atoms with E-state index in [4.69, 9.17) is 4.74 Å². The Kier molecular flexibility index (Phi) is 4.89. The molecule has 0 aliphatic carbocycles. The highest BCUT2D eigenvalue weighted by Gasteiger charge is 2.16. The van der Waals surface area contributed by atoms with Crippen LogP contribution < -0.4 is 15.4 Å². The van der Waals surface area contributed by atoms with Gasteiger partial charge in [0, 0.05) is 43.1 Å². The molecule has 0 aliphatic heterocycles. The van der Waals surface area contributed by atoms with Crippen molar-refractivity contribution >= 4 is 23.1 Å². The van der Waals surface area contributed by atoms with Crippen LogP contribution in [0, 0.1) is 0 Å². The summed E-state index contributed by atoms with van der Waals surface area (Å²) >= 11 is 0. The Balaban J connectivity index is 1.44. The smallest absolute Gasteiger partial charge is 0.262 e. The van der Waals surface area contributed by atoms with Crippen molar-refractivity contribution < 1.29 is 9.53 Å². The molecule has 3 heterocycles. The van der Waals surface area contributed by atoms with Crippen molar-refractivity contribution in [3.8, 4) is 11.7 Å². The number of rotatable bonds is 6. The molecule has 0 saturated carbocycles. The lowest BCUT2D eigenvalue weighted by molar-refractivity contribution is 0.102. The molecule has 10 heteroatoms. The van der Waals surface area contributed by atoms with Crippen LogP contribution in [0.5, 0.6) is 5.88 Å². The van der Waals surface area contributed by atoms with Gasteiger partial charge >= 0.3 is 0 Å². The van der Waals surface area contributed by atoms with Crippen LogP contribution in [-0.4, -0.2) is 42.5 Å². The summed E-state index contributed by atoms with van der Waals surface area (Å²) in [7, 11) is 3.20. The van der Waals surface area contributed by atoms with Crippen LogP contribution in [0.3, 0.4) is 0 Å². The lowest BCUT2D eigenvalue weighted by Crippen LogP contribution is -2.12. The van der Waals surface area contributed by atoms with Crippen LogP contribution in [0.15, 0.2) is 61.3 Å². The molecule has 3 aromatic heterocycles. The summed E-state index contributed by atoms with van der Waals surface area (Å²) in [5.41, 5.74) is 1.82. The zero-order valence-corrected chi connectivity index (χ0v) is 15.8. The zero-order valence-electron chi connectivity index (χ0n) is 15.8. The first kappa shape index (κ1) is 18.2. The molecule has 10 nitrogen and oxygen atoms in total. The number of aromatic nitrogens is 6. The Morgan fingerprint density at radius 3 is 2.66 bits per heavy atom. The Morgan fingerprint density at radius 2 is 1.93 bits per heavy atom. The first-order valence-electron chi connectivity index (χ1n) is 8.70. The van der Waals surface area contributed by atoms with Gasteiger partial charge < -0.3 is 15.4 Å². The van der Waals surface area contributed by atoms with E-state index in [2.05, 4.69) is 30.8 Å². The van der Waals surface area contributed by atoms with Crippen molar-refractivity contribution in [3.05, 3.63) is 66.9 Å². The number of hydrogen-bond acceptors (Lipinski definition) is 7. The predicted octanol–water partition coefficient (Wildman–Crippen LogP) is 2.40. The molecule has 0 fully saturated rings. The SMILES string of the molecule is COc1nn(C)cc1C(=O)Nc1ccc(Nc2cc(-n3cccn3)ncn2)cc1. The van der Waals surface area contributed by atoms with Gasteiger partial charge in [-0.3, -0.25) is 9.48 Å². The Bertz CT molecular complexity index is 1120. The van der Waals surface area contributed by atoms with Crippen LogP contribution in [0.25, 0.3) is 5.82 Å². The van der Waals surface area contributed by atoms with E-state index in [-0.39, 0.29) is 11.8 Å². The van der Waals surface area contributed by atoms with Gasteiger partial charge in [-0.25, -0.2) is 14.6 Å². The lowest BCUT2D eigenvalue weighted by atomic mass is 10.2. The highest BCUT2D eigenvalue weighted by atomic mass is 16.5. The Labute approximate surface area is 166 Å². The summed E-state index contributed by atoms with van der Waals surface area (Å²) in [5, 5.41) is 14.3. The fourth-order valence-electron chi connectivity index (χ4n) is 2.70. The van der Waals surface area contributed by atoms with Crippen LogP contribution in [0.1, 0.15) is 10.4 Å². The van der Waals surface area contributed by atoms with Gasteiger partial charge in [-0.1, -0.05) is 0 Å². The average molecular weight is 390 g/mol. The second-order valence-electron chi connectivity index (χ2n) is 6.09. The monoisotopic (exact) mass is 390 g/mol. The number of carbonyl (C=O) groups excluding carboxylic acids is 1. The van der Waals surface area contributed by atoms with Gasteiger partial charge in [0.2, 0.25) is 5.88 Å². The molecule has 0 radical (unpaired) electrons. The molecule has 4 rings (SSSR count). The highest BCUT2D eigenvalue weighted by molar-refractivity contribution is 6.05. The zero-order chi connectivity index (χ0) is 20.2. The molecular weight excluding hydrogens is 372 g/mol. The van der Waals surface area contributed by atoms with Gasteiger partial charge in [0.15, 0.2) is 5.82 Å². The number of aryl methyl sites for hydroxylation is 1. The van der Waals surface area contributed by atoms with E-state index < -0.39 is 0 Å². The van der Waals surface area contributed by atoms with Gasteiger partial charge in [-0.15, -0.1) is 5.10 Å². The molecule has 0 spiro atoms. The minimum Gasteiger partial charge on any atom is -0.479 e. The van der Waals surface area contributed by atoms with E-state index >= 15 is 0 Å². The van der Waals surface area contributed by atoms with Gasteiger partial charge in [0.1, 0.15) is 17.7 Å². The van der Waals surface area contributed by atoms with E-state index in [9.17, 15) is 4.79 Å². The third-order valence-corrected chi connectivity index (χ3v) is 4.04. The maximum Gasteiger partial charge on any atom is 0.262 e. The number of ether oxygens (including phenoxy) is 1. The maximum absolute atomic E-state index is 12.4. The number of benzene rings is 1. The number of nitrogens with zero attached hydrogens (tertiary/aromatic N) is 6. The lowest BCUT2D eigenvalue weighted by Gasteiger charge is -2.09. The van der Waals surface area contributed by atoms with Crippen LogP contribution in [0.2, 0.25) is 0 Å². The summed E-state index contributed by atoms with van der Waals surface area (Å²) in [4.78, 5) is 20.9. The quantitative estimate of drug-likeness (QED) is 0.520. The van der Waals surface area contributed by atoms with Crippen LogP contribution in [0.4, 0.5) is 17.2 Å². The third-order valence-electron chi connectivity index (χ3n) is 4.04. The maximum atomic E-state index is 12.4. The molecule has 146 valence electrons. The molecule has 0 saturated heterocycles. The molecular formula is C19H18N8O2. The summed E-state index contributed by atoms with van der Waals surface area (Å²) in [6, 6.07) is 10.9. The van der Waals surface area contributed by atoms with E-state index in [0.717, 1.165) is 5.69 Å². The third kappa shape index (κ3) is 4.05. The van der Waals surface area contributed by atoms with E-state index in [1.807, 2.05) is 18.2 Å². The van der Waals surface area contributed by atoms with Crippen LogP contribution >= 0.6 is 0 Å². The van der Waals surface area contributed by atoms with Crippen molar-refractivity contribution in [2.75, 3.05) is 17.7 Å². The largest absolute Gasteiger partial charge is 0.479 e. The van der Waals surface area contributed by atoms with Crippen molar-refractivity contribution in [1.82, 2.24) is 29.5 Å². The molecule has 2 N–H and O–H groups in total. The molecule has 4 aromatic rings. The number of methoxy groups -OCH3 is 1. The van der Waals surface area contributed by atoms with Crippen molar-refractivity contribution in [2.24, 2.45) is 7.05 Å². The first-order valence-corrected chi connectivity index (χ1v) is 8.70. The number of nitrogens with one attached hydrogen (secondary N) is 2. The molecule has 0 unspecified atom stereocenters. The molecule has 0 atom stereocenters. The topological polar surface area (TPSA) is 112 Å².